The van der Waals surface area contributed by atoms with Gasteiger partial charge in [0.1, 0.15) is 0 Å². The normalized spacial score (nSPS) is 14.1. The van der Waals surface area contributed by atoms with E-state index in [-0.39, 0.29) is 12.3 Å². The van der Waals surface area contributed by atoms with Crippen molar-refractivity contribution >= 4 is 17.3 Å². The second-order valence-electron chi connectivity index (χ2n) is 6.04. The van der Waals surface area contributed by atoms with Crippen LogP contribution in [0.1, 0.15) is 54.3 Å². The van der Waals surface area contributed by atoms with Crippen LogP contribution in [0.15, 0.2) is 6.07 Å². The first kappa shape index (κ1) is 18.2. The molecule has 0 saturated carbocycles. The van der Waals surface area contributed by atoms with Crippen LogP contribution >= 0.6 is 11.3 Å². The summed E-state index contributed by atoms with van der Waals surface area (Å²) in [5.41, 5.74) is 7.19. The zero-order valence-electron chi connectivity index (χ0n) is 13.5. The maximum atomic E-state index is 11.0. The second kappa shape index (κ2) is 9.21. The molecular formula is C17H29NO2S. The molecule has 0 fully saturated rings. The number of aliphatic carboxylic acids is 1. The highest BCUT2D eigenvalue weighted by Gasteiger charge is 2.17. The number of aryl methyl sites for hydroxylation is 3. The van der Waals surface area contributed by atoms with Gasteiger partial charge in [0.05, 0.1) is 0 Å². The fraction of sp³-hybridized carbons (Fsp3) is 0.706. The number of carboxylic acids is 1. The minimum absolute atomic E-state index is 0.260. The summed E-state index contributed by atoms with van der Waals surface area (Å²) in [5, 5.41) is 9.08. The standard InChI is InChI=1S/C17H29NO2S/c1-4-14(11-18)9-15(10-17(19)20)6-5-7-16-8-12(2)21-13(16)3/h8,14-15H,4-7,9-11,18H2,1-3H3,(H,19,20). The lowest BCUT2D eigenvalue weighted by Crippen LogP contribution is -2.19. The second-order valence-corrected chi connectivity index (χ2v) is 7.50. The summed E-state index contributed by atoms with van der Waals surface area (Å²) in [6.45, 7) is 7.10. The van der Waals surface area contributed by atoms with Crippen LogP contribution in [0.5, 0.6) is 0 Å². The van der Waals surface area contributed by atoms with Gasteiger partial charge in [-0.25, -0.2) is 0 Å². The lowest BCUT2D eigenvalue weighted by Gasteiger charge is -2.20. The van der Waals surface area contributed by atoms with E-state index in [9.17, 15) is 4.79 Å². The van der Waals surface area contributed by atoms with Crippen molar-refractivity contribution in [2.75, 3.05) is 6.54 Å². The summed E-state index contributed by atoms with van der Waals surface area (Å²) in [6, 6.07) is 2.26. The Kier molecular flexibility index (Phi) is 7.97. The highest BCUT2D eigenvalue weighted by molar-refractivity contribution is 7.12. The number of hydrogen-bond acceptors (Lipinski definition) is 3. The molecule has 1 aromatic heterocycles. The van der Waals surface area contributed by atoms with E-state index in [0.29, 0.717) is 12.5 Å². The third-order valence-electron chi connectivity index (χ3n) is 4.24. The zero-order chi connectivity index (χ0) is 15.8. The predicted octanol–water partition coefficient (Wildman–Crippen LogP) is 4.15. The first-order chi connectivity index (χ1) is 9.96. The SMILES string of the molecule is CCC(CN)CC(CCCc1cc(C)sc1C)CC(=O)O. The van der Waals surface area contributed by atoms with E-state index in [0.717, 1.165) is 32.1 Å². The third kappa shape index (κ3) is 6.62. The summed E-state index contributed by atoms with van der Waals surface area (Å²) in [5.74, 6) is 0.0324. The third-order valence-corrected chi connectivity index (χ3v) is 5.25. The largest absolute Gasteiger partial charge is 0.481 e. The van der Waals surface area contributed by atoms with Crippen molar-refractivity contribution < 1.29 is 9.90 Å². The van der Waals surface area contributed by atoms with Crippen LogP contribution in [-0.4, -0.2) is 17.6 Å². The molecule has 0 aromatic carbocycles. The molecule has 0 aliphatic heterocycles. The predicted molar refractivity (Wildman–Crippen MR) is 89.9 cm³/mol. The number of hydrogen-bond donors (Lipinski definition) is 2. The van der Waals surface area contributed by atoms with Crippen molar-refractivity contribution in [1.29, 1.82) is 0 Å². The smallest absolute Gasteiger partial charge is 0.303 e. The molecule has 0 aliphatic carbocycles. The molecule has 21 heavy (non-hydrogen) atoms. The topological polar surface area (TPSA) is 63.3 Å². The molecule has 0 bridgehead atoms. The number of nitrogens with two attached hydrogens (primary N) is 1. The first-order valence-corrected chi connectivity index (χ1v) is 8.75. The lowest BCUT2D eigenvalue weighted by atomic mass is 9.86. The van der Waals surface area contributed by atoms with Crippen LogP contribution in [-0.2, 0) is 11.2 Å². The Labute approximate surface area is 132 Å². The van der Waals surface area contributed by atoms with Gasteiger partial charge in [-0.05, 0) is 69.5 Å². The number of carboxylic acid groups (broad SMARTS) is 1. The molecule has 2 atom stereocenters. The van der Waals surface area contributed by atoms with Crippen molar-refractivity contribution in [3.8, 4) is 0 Å². The Balaban J connectivity index is 2.48. The Bertz CT molecular complexity index is 438. The maximum Gasteiger partial charge on any atom is 0.303 e. The van der Waals surface area contributed by atoms with Gasteiger partial charge in [-0.15, -0.1) is 11.3 Å². The maximum absolute atomic E-state index is 11.0. The van der Waals surface area contributed by atoms with Gasteiger partial charge in [-0.2, -0.15) is 0 Å². The zero-order valence-corrected chi connectivity index (χ0v) is 14.3. The molecule has 3 nitrogen and oxygen atoms in total. The molecule has 1 heterocycles. The van der Waals surface area contributed by atoms with Gasteiger partial charge >= 0.3 is 5.97 Å². The van der Waals surface area contributed by atoms with Gasteiger partial charge in [0.15, 0.2) is 0 Å². The molecular weight excluding hydrogens is 282 g/mol. The van der Waals surface area contributed by atoms with Gasteiger partial charge in [0.25, 0.3) is 0 Å². The quantitative estimate of drug-likeness (QED) is 0.682. The number of rotatable bonds is 10. The van der Waals surface area contributed by atoms with Crippen LogP contribution in [0.25, 0.3) is 0 Å². The molecule has 3 N–H and O–H groups in total. The lowest BCUT2D eigenvalue weighted by molar-refractivity contribution is -0.138. The van der Waals surface area contributed by atoms with Gasteiger partial charge in [-0.1, -0.05) is 13.3 Å². The van der Waals surface area contributed by atoms with Crippen LogP contribution in [0.2, 0.25) is 0 Å². The summed E-state index contributed by atoms with van der Waals surface area (Å²) in [6.07, 6.45) is 5.37. The van der Waals surface area contributed by atoms with Crippen LogP contribution in [0.3, 0.4) is 0 Å². The summed E-state index contributed by atoms with van der Waals surface area (Å²) in [7, 11) is 0. The van der Waals surface area contributed by atoms with E-state index in [2.05, 4.69) is 26.8 Å². The molecule has 0 spiro atoms. The Hall–Kier alpha value is -0.870. The summed E-state index contributed by atoms with van der Waals surface area (Å²) in [4.78, 5) is 13.8. The van der Waals surface area contributed by atoms with E-state index in [1.54, 1.807) is 0 Å². The average Bonchev–Trinajstić information content (AvgIpc) is 2.73. The molecule has 1 aromatic rings. The van der Waals surface area contributed by atoms with Crippen molar-refractivity contribution in [3.05, 3.63) is 21.4 Å². The molecule has 1 rings (SSSR count). The van der Waals surface area contributed by atoms with E-state index >= 15 is 0 Å². The van der Waals surface area contributed by atoms with Crippen molar-refractivity contribution in [1.82, 2.24) is 0 Å². The fourth-order valence-electron chi connectivity index (χ4n) is 2.96. The van der Waals surface area contributed by atoms with E-state index in [1.807, 2.05) is 11.3 Å². The van der Waals surface area contributed by atoms with Crippen LogP contribution < -0.4 is 5.73 Å². The number of thiophene rings is 1. The van der Waals surface area contributed by atoms with E-state index in [4.69, 9.17) is 10.8 Å². The highest BCUT2D eigenvalue weighted by atomic mass is 32.1. The summed E-state index contributed by atoms with van der Waals surface area (Å²) < 4.78 is 0. The minimum Gasteiger partial charge on any atom is -0.481 e. The molecule has 0 radical (unpaired) electrons. The molecule has 2 unspecified atom stereocenters. The van der Waals surface area contributed by atoms with Crippen LogP contribution in [0.4, 0.5) is 0 Å². The van der Waals surface area contributed by atoms with Gasteiger partial charge < -0.3 is 10.8 Å². The van der Waals surface area contributed by atoms with Crippen LogP contribution in [0, 0.1) is 25.7 Å². The molecule has 0 aliphatic rings. The Morgan fingerprint density at radius 1 is 1.38 bits per heavy atom. The van der Waals surface area contributed by atoms with Gasteiger partial charge in [-0.3, -0.25) is 4.79 Å². The van der Waals surface area contributed by atoms with Crippen molar-refractivity contribution in [3.63, 3.8) is 0 Å². The Morgan fingerprint density at radius 2 is 2.10 bits per heavy atom. The summed E-state index contributed by atoms with van der Waals surface area (Å²) >= 11 is 1.85. The molecule has 120 valence electrons. The van der Waals surface area contributed by atoms with E-state index in [1.165, 1.54) is 15.3 Å². The Morgan fingerprint density at radius 3 is 2.57 bits per heavy atom. The first-order valence-electron chi connectivity index (χ1n) is 7.94. The van der Waals surface area contributed by atoms with Gasteiger partial charge in [0, 0.05) is 16.2 Å². The van der Waals surface area contributed by atoms with Crippen molar-refractivity contribution in [2.24, 2.45) is 17.6 Å². The van der Waals surface area contributed by atoms with Crippen molar-refractivity contribution in [2.45, 2.75) is 59.3 Å². The highest BCUT2D eigenvalue weighted by Crippen LogP contribution is 2.26. The van der Waals surface area contributed by atoms with Gasteiger partial charge in [0.2, 0.25) is 0 Å². The molecule has 0 amide bonds. The monoisotopic (exact) mass is 311 g/mol. The number of carbonyl (C=O) groups is 1. The fourth-order valence-corrected chi connectivity index (χ4v) is 3.94. The molecule has 4 heteroatoms. The average molecular weight is 311 g/mol. The van der Waals surface area contributed by atoms with E-state index < -0.39 is 5.97 Å². The molecule has 0 saturated heterocycles. The minimum atomic E-state index is -0.686.